The first-order valence-electron chi connectivity index (χ1n) is 5.54. The molecule has 0 amide bonds. The smallest absolute Gasteiger partial charge is 0.297 e. The van der Waals surface area contributed by atoms with Gasteiger partial charge in [-0.15, -0.1) is 0 Å². The van der Waals surface area contributed by atoms with E-state index in [1.165, 1.54) is 12.1 Å². The number of pyridine rings is 1. The van der Waals surface area contributed by atoms with Crippen molar-refractivity contribution in [3.63, 3.8) is 0 Å². The second kappa shape index (κ2) is 4.37. The molecule has 0 aliphatic heterocycles. The monoisotopic (exact) mass is 273 g/mol. The molecule has 2 heterocycles. The minimum absolute atomic E-state index is 0.0732. The van der Waals surface area contributed by atoms with Gasteiger partial charge in [-0.2, -0.15) is 0 Å². The number of nitro groups is 1. The lowest BCUT2D eigenvalue weighted by atomic mass is 10.2. The highest BCUT2D eigenvalue weighted by Crippen LogP contribution is 2.30. The van der Waals surface area contributed by atoms with Gasteiger partial charge in [0.25, 0.3) is 5.69 Å². The molecule has 0 aliphatic rings. The number of benzene rings is 1. The van der Waals surface area contributed by atoms with Crippen LogP contribution in [0.15, 0.2) is 42.5 Å². The zero-order valence-electron chi connectivity index (χ0n) is 9.63. The zero-order chi connectivity index (χ0) is 13.4. The summed E-state index contributed by atoms with van der Waals surface area (Å²) in [5.74, 6) is 0. The number of rotatable bonds is 2. The van der Waals surface area contributed by atoms with E-state index in [2.05, 4.69) is 9.97 Å². The number of aromatic amines is 1. The number of halogens is 1. The van der Waals surface area contributed by atoms with Crippen LogP contribution in [0.25, 0.3) is 22.3 Å². The number of hydrogen-bond acceptors (Lipinski definition) is 3. The van der Waals surface area contributed by atoms with E-state index in [4.69, 9.17) is 11.6 Å². The van der Waals surface area contributed by atoms with Crippen molar-refractivity contribution in [1.29, 1.82) is 0 Å². The number of hydrogen-bond donors (Lipinski definition) is 1. The minimum atomic E-state index is -0.468. The first-order chi connectivity index (χ1) is 9.15. The third-order valence-corrected chi connectivity index (χ3v) is 3.03. The fourth-order valence-electron chi connectivity index (χ4n) is 1.97. The van der Waals surface area contributed by atoms with E-state index in [1.807, 2.05) is 30.3 Å². The summed E-state index contributed by atoms with van der Waals surface area (Å²) in [6, 6.07) is 12.2. The molecular formula is C13H8ClN3O2. The third kappa shape index (κ3) is 2.04. The summed E-state index contributed by atoms with van der Waals surface area (Å²) in [5.41, 5.74) is 1.65. The van der Waals surface area contributed by atoms with E-state index in [1.54, 1.807) is 0 Å². The molecule has 1 aromatic carbocycles. The molecule has 0 aliphatic carbocycles. The van der Waals surface area contributed by atoms with Gasteiger partial charge < -0.3 is 4.98 Å². The van der Waals surface area contributed by atoms with E-state index in [0.717, 1.165) is 10.9 Å². The minimum Gasteiger partial charge on any atom is -0.353 e. The second-order valence-electron chi connectivity index (χ2n) is 4.03. The molecule has 0 fully saturated rings. The molecule has 3 aromatic rings. The van der Waals surface area contributed by atoms with Gasteiger partial charge in [0.2, 0.25) is 0 Å². The topological polar surface area (TPSA) is 71.8 Å². The quantitative estimate of drug-likeness (QED) is 0.438. The SMILES string of the molecule is O=[N+]([O-])c1ccc(Cl)nc1-c1cc2ccccc2[nH]1. The average molecular weight is 274 g/mol. The summed E-state index contributed by atoms with van der Waals surface area (Å²) in [5, 5.41) is 12.2. The molecule has 0 spiro atoms. The third-order valence-electron chi connectivity index (χ3n) is 2.82. The van der Waals surface area contributed by atoms with Gasteiger partial charge in [0, 0.05) is 17.0 Å². The van der Waals surface area contributed by atoms with Crippen LogP contribution in [0.5, 0.6) is 0 Å². The Morgan fingerprint density at radius 1 is 1.21 bits per heavy atom. The number of aromatic nitrogens is 2. The Labute approximate surface area is 113 Å². The van der Waals surface area contributed by atoms with Crippen LogP contribution in [0.4, 0.5) is 5.69 Å². The molecule has 19 heavy (non-hydrogen) atoms. The van der Waals surface area contributed by atoms with Crippen molar-refractivity contribution in [3.8, 4) is 11.4 Å². The molecule has 1 N–H and O–H groups in total. The first kappa shape index (κ1) is 11.7. The summed E-state index contributed by atoms with van der Waals surface area (Å²) in [6.45, 7) is 0. The summed E-state index contributed by atoms with van der Waals surface area (Å²) in [7, 11) is 0. The highest BCUT2D eigenvalue weighted by molar-refractivity contribution is 6.29. The van der Waals surface area contributed by atoms with Gasteiger partial charge >= 0.3 is 0 Å². The van der Waals surface area contributed by atoms with E-state index >= 15 is 0 Å². The average Bonchev–Trinajstić information content (AvgIpc) is 2.81. The Balaban J connectivity index is 2.25. The molecule has 0 bridgehead atoms. The summed E-state index contributed by atoms with van der Waals surface area (Å²) in [6.07, 6.45) is 0. The molecule has 3 rings (SSSR count). The van der Waals surface area contributed by atoms with Gasteiger partial charge in [-0.3, -0.25) is 10.1 Å². The lowest BCUT2D eigenvalue weighted by Crippen LogP contribution is -1.95. The fraction of sp³-hybridized carbons (Fsp3) is 0. The Hall–Kier alpha value is -2.40. The molecule has 0 radical (unpaired) electrons. The molecule has 0 saturated heterocycles. The molecule has 6 heteroatoms. The second-order valence-corrected chi connectivity index (χ2v) is 4.42. The van der Waals surface area contributed by atoms with Crippen molar-refractivity contribution in [3.05, 3.63) is 57.7 Å². The fourth-order valence-corrected chi connectivity index (χ4v) is 2.12. The van der Waals surface area contributed by atoms with Crippen LogP contribution in [0.1, 0.15) is 0 Å². The van der Waals surface area contributed by atoms with Crippen LogP contribution >= 0.6 is 11.6 Å². The number of H-pyrrole nitrogens is 1. The molecule has 0 atom stereocenters. The van der Waals surface area contributed by atoms with E-state index in [0.29, 0.717) is 5.69 Å². The van der Waals surface area contributed by atoms with Crippen LogP contribution in [0.2, 0.25) is 5.15 Å². The summed E-state index contributed by atoms with van der Waals surface area (Å²) >= 11 is 5.82. The molecular weight excluding hydrogens is 266 g/mol. The van der Waals surface area contributed by atoms with Gasteiger partial charge in [0.15, 0.2) is 5.69 Å². The maximum absolute atomic E-state index is 11.0. The summed E-state index contributed by atoms with van der Waals surface area (Å²) in [4.78, 5) is 17.7. The lowest BCUT2D eigenvalue weighted by molar-refractivity contribution is -0.384. The van der Waals surface area contributed by atoms with Crippen LogP contribution < -0.4 is 0 Å². The summed E-state index contributed by atoms with van der Waals surface area (Å²) < 4.78 is 0. The Morgan fingerprint density at radius 2 is 2.00 bits per heavy atom. The van der Waals surface area contributed by atoms with Crippen molar-refractivity contribution in [2.75, 3.05) is 0 Å². The highest BCUT2D eigenvalue weighted by atomic mass is 35.5. The molecule has 2 aromatic heterocycles. The molecule has 5 nitrogen and oxygen atoms in total. The van der Waals surface area contributed by atoms with Crippen molar-refractivity contribution in [2.24, 2.45) is 0 Å². The highest BCUT2D eigenvalue weighted by Gasteiger charge is 2.18. The molecule has 94 valence electrons. The Morgan fingerprint density at radius 3 is 2.74 bits per heavy atom. The molecule has 0 unspecified atom stereocenters. The van der Waals surface area contributed by atoms with Crippen molar-refractivity contribution in [1.82, 2.24) is 9.97 Å². The van der Waals surface area contributed by atoms with E-state index in [-0.39, 0.29) is 16.5 Å². The lowest BCUT2D eigenvalue weighted by Gasteiger charge is -2.00. The number of para-hydroxylation sites is 1. The van der Waals surface area contributed by atoms with Gasteiger partial charge in [-0.05, 0) is 18.2 Å². The van der Waals surface area contributed by atoms with Gasteiger partial charge in [-0.25, -0.2) is 4.98 Å². The van der Waals surface area contributed by atoms with Gasteiger partial charge in [-0.1, -0.05) is 29.8 Å². The van der Waals surface area contributed by atoms with Crippen LogP contribution in [0, 0.1) is 10.1 Å². The number of nitrogens with one attached hydrogen (secondary N) is 1. The normalized spacial score (nSPS) is 10.8. The number of nitrogens with zero attached hydrogens (tertiary/aromatic N) is 2. The van der Waals surface area contributed by atoms with E-state index < -0.39 is 4.92 Å². The number of fused-ring (bicyclic) bond motifs is 1. The van der Waals surface area contributed by atoms with Crippen LogP contribution in [0.3, 0.4) is 0 Å². The predicted molar refractivity (Wildman–Crippen MR) is 73.2 cm³/mol. The first-order valence-corrected chi connectivity index (χ1v) is 5.92. The van der Waals surface area contributed by atoms with Crippen molar-refractivity contribution >= 4 is 28.2 Å². The van der Waals surface area contributed by atoms with Gasteiger partial charge in [0.05, 0.1) is 10.6 Å². The van der Waals surface area contributed by atoms with E-state index in [9.17, 15) is 10.1 Å². The predicted octanol–water partition coefficient (Wildman–Crippen LogP) is 3.79. The van der Waals surface area contributed by atoms with Crippen molar-refractivity contribution < 1.29 is 4.92 Å². The van der Waals surface area contributed by atoms with Crippen LogP contribution in [-0.2, 0) is 0 Å². The maximum Gasteiger partial charge on any atom is 0.297 e. The largest absolute Gasteiger partial charge is 0.353 e. The van der Waals surface area contributed by atoms with Crippen molar-refractivity contribution in [2.45, 2.75) is 0 Å². The standard InChI is InChI=1S/C13H8ClN3O2/c14-12-6-5-11(17(18)19)13(16-12)10-7-8-3-1-2-4-9(8)15-10/h1-7,15H. The van der Waals surface area contributed by atoms with Crippen LogP contribution in [-0.4, -0.2) is 14.9 Å². The molecule has 0 saturated carbocycles. The Kier molecular flexibility index (Phi) is 2.68. The van der Waals surface area contributed by atoms with Gasteiger partial charge in [0.1, 0.15) is 5.15 Å². The Bertz CT molecular complexity index is 749. The zero-order valence-corrected chi connectivity index (χ0v) is 10.4. The maximum atomic E-state index is 11.0.